The van der Waals surface area contributed by atoms with Crippen molar-refractivity contribution in [3.63, 3.8) is 0 Å². The summed E-state index contributed by atoms with van der Waals surface area (Å²) in [6.07, 6.45) is 3.63. The van der Waals surface area contributed by atoms with Gasteiger partial charge in [-0.25, -0.2) is 9.97 Å². The Balaban J connectivity index is 0.000000963. The van der Waals surface area contributed by atoms with Gasteiger partial charge in [-0.05, 0) is 18.4 Å². The number of aromatic amines is 1. The Morgan fingerprint density at radius 1 is 1.31 bits per heavy atom. The van der Waals surface area contributed by atoms with E-state index < -0.39 is 0 Å². The minimum Gasteiger partial charge on any atom is -0.285 e. The lowest BCUT2D eigenvalue weighted by atomic mass is 10.2. The average molecular weight is 253 g/mol. The fourth-order valence-electron chi connectivity index (χ4n) is 1.56. The number of H-pyrrole nitrogens is 1. The molecule has 0 amide bonds. The first-order valence-corrected chi connectivity index (χ1v) is 5.43. The molecule has 0 bridgehead atoms. The largest absolute Gasteiger partial charge is 0.285 e. The number of aryl methyl sites for hydroxylation is 1. The summed E-state index contributed by atoms with van der Waals surface area (Å²) in [5.41, 5.74) is 2.97. The highest BCUT2D eigenvalue weighted by Crippen LogP contribution is 2.29. The van der Waals surface area contributed by atoms with E-state index in [1.807, 2.05) is 24.6 Å². The van der Waals surface area contributed by atoms with Gasteiger partial charge >= 0.3 is 0 Å². The van der Waals surface area contributed by atoms with Crippen LogP contribution in [0.4, 0.5) is 0 Å². The van der Waals surface area contributed by atoms with E-state index in [-0.39, 0.29) is 12.4 Å². The van der Waals surface area contributed by atoms with Gasteiger partial charge in [-0.2, -0.15) is 5.10 Å². The van der Waals surface area contributed by atoms with Crippen LogP contribution >= 0.6 is 23.7 Å². The molecule has 0 spiro atoms. The van der Waals surface area contributed by atoms with Crippen LogP contribution < -0.4 is 0 Å². The summed E-state index contributed by atoms with van der Waals surface area (Å²) in [5, 5.41) is 8.77. The van der Waals surface area contributed by atoms with Crippen molar-refractivity contribution in [3.8, 4) is 11.3 Å². The molecule has 0 aromatic carbocycles. The normalized spacial score (nSPS) is 10.3. The smallest absolute Gasteiger partial charge is 0.126 e. The van der Waals surface area contributed by atoms with E-state index in [1.54, 1.807) is 17.5 Å². The van der Waals surface area contributed by atoms with Crippen LogP contribution in [0.15, 0.2) is 23.8 Å². The molecule has 3 aromatic heterocycles. The maximum atomic E-state index is 4.46. The molecule has 0 saturated heterocycles. The zero-order chi connectivity index (χ0) is 10.3. The van der Waals surface area contributed by atoms with E-state index in [4.69, 9.17) is 0 Å². The van der Waals surface area contributed by atoms with Crippen LogP contribution in [0.5, 0.6) is 0 Å². The fraction of sp³-hybridized carbons (Fsp3) is 0.100. The Kier molecular flexibility index (Phi) is 2.89. The number of aromatic nitrogens is 4. The quantitative estimate of drug-likeness (QED) is 0.725. The molecule has 3 aromatic rings. The fourth-order valence-corrected chi connectivity index (χ4v) is 2.40. The third-order valence-electron chi connectivity index (χ3n) is 2.19. The van der Waals surface area contributed by atoms with Gasteiger partial charge in [-0.15, -0.1) is 23.7 Å². The molecule has 6 heteroatoms. The molecule has 0 unspecified atom stereocenters. The number of rotatable bonds is 1. The number of thiophene rings is 1. The van der Waals surface area contributed by atoms with Crippen molar-refractivity contribution in [1.82, 2.24) is 20.2 Å². The molecule has 3 rings (SSSR count). The van der Waals surface area contributed by atoms with Crippen molar-refractivity contribution in [1.29, 1.82) is 0 Å². The molecule has 1 N–H and O–H groups in total. The first-order valence-electron chi connectivity index (χ1n) is 4.55. The van der Waals surface area contributed by atoms with Crippen molar-refractivity contribution in [3.05, 3.63) is 29.7 Å². The maximum Gasteiger partial charge on any atom is 0.126 e. The highest BCUT2D eigenvalue weighted by Gasteiger charge is 2.09. The van der Waals surface area contributed by atoms with Crippen LogP contribution in [0, 0.1) is 6.92 Å². The predicted octanol–water partition coefficient (Wildman–Crippen LogP) is 2.81. The van der Waals surface area contributed by atoms with E-state index in [1.165, 1.54) is 0 Å². The van der Waals surface area contributed by atoms with Gasteiger partial charge in [0.05, 0.1) is 22.1 Å². The highest BCUT2D eigenvalue weighted by molar-refractivity contribution is 7.17. The zero-order valence-electron chi connectivity index (χ0n) is 8.47. The molecule has 3 heterocycles. The third-order valence-corrected chi connectivity index (χ3v) is 3.10. The van der Waals surface area contributed by atoms with Gasteiger partial charge in [-0.3, -0.25) is 5.10 Å². The molecule has 16 heavy (non-hydrogen) atoms. The monoisotopic (exact) mass is 252 g/mol. The summed E-state index contributed by atoms with van der Waals surface area (Å²) in [6.45, 7) is 1.90. The molecular weight excluding hydrogens is 244 g/mol. The molecule has 0 radical (unpaired) electrons. The van der Waals surface area contributed by atoms with Crippen LogP contribution in [0.2, 0.25) is 0 Å². The number of nitrogens with one attached hydrogen (secondary N) is 1. The maximum absolute atomic E-state index is 4.46. The van der Waals surface area contributed by atoms with Crippen LogP contribution in [0.3, 0.4) is 0 Å². The number of fused-ring (bicyclic) bond motifs is 1. The SMILES string of the molecule is Cc1nc(-c2cn[nH]c2)c2sccc2n1.Cl. The molecular formula is C10H9ClN4S. The van der Waals surface area contributed by atoms with Crippen molar-refractivity contribution < 1.29 is 0 Å². The molecule has 4 nitrogen and oxygen atoms in total. The molecule has 0 aliphatic heterocycles. The lowest BCUT2D eigenvalue weighted by molar-refractivity contribution is 1.09. The van der Waals surface area contributed by atoms with Crippen LogP contribution in [0.1, 0.15) is 5.82 Å². The van der Waals surface area contributed by atoms with E-state index in [2.05, 4.69) is 20.2 Å². The van der Waals surface area contributed by atoms with Gasteiger partial charge in [0, 0.05) is 11.8 Å². The van der Waals surface area contributed by atoms with Gasteiger partial charge in [0.15, 0.2) is 0 Å². The second-order valence-corrected chi connectivity index (χ2v) is 4.16. The zero-order valence-corrected chi connectivity index (χ0v) is 10.1. The Hall–Kier alpha value is -1.46. The second kappa shape index (κ2) is 4.19. The van der Waals surface area contributed by atoms with Crippen molar-refractivity contribution in [2.45, 2.75) is 6.92 Å². The second-order valence-electron chi connectivity index (χ2n) is 3.24. The van der Waals surface area contributed by atoms with E-state index in [9.17, 15) is 0 Å². The molecule has 0 fully saturated rings. The molecule has 82 valence electrons. The Bertz CT molecular complexity index is 602. The van der Waals surface area contributed by atoms with Gasteiger partial charge in [-0.1, -0.05) is 0 Å². The summed E-state index contributed by atoms with van der Waals surface area (Å²) in [7, 11) is 0. The topological polar surface area (TPSA) is 54.5 Å². The molecule has 0 atom stereocenters. The van der Waals surface area contributed by atoms with E-state index in [0.29, 0.717) is 0 Å². The van der Waals surface area contributed by atoms with Crippen molar-refractivity contribution in [2.24, 2.45) is 0 Å². The predicted molar refractivity (Wildman–Crippen MR) is 67.0 cm³/mol. The number of nitrogens with zero attached hydrogens (tertiary/aromatic N) is 3. The summed E-state index contributed by atoms with van der Waals surface area (Å²) in [6, 6.07) is 2.01. The highest BCUT2D eigenvalue weighted by atomic mass is 35.5. The van der Waals surface area contributed by atoms with Gasteiger partial charge in [0.1, 0.15) is 5.82 Å². The van der Waals surface area contributed by atoms with Crippen LogP contribution in [-0.4, -0.2) is 20.2 Å². The first kappa shape index (κ1) is 11.0. The lowest BCUT2D eigenvalue weighted by Crippen LogP contribution is -1.90. The van der Waals surface area contributed by atoms with Crippen LogP contribution in [-0.2, 0) is 0 Å². The van der Waals surface area contributed by atoms with E-state index in [0.717, 1.165) is 27.3 Å². The Morgan fingerprint density at radius 2 is 2.19 bits per heavy atom. The van der Waals surface area contributed by atoms with Crippen molar-refractivity contribution in [2.75, 3.05) is 0 Å². The van der Waals surface area contributed by atoms with Gasteiger partial charge < -0.3 is 0 Å². The third kappa shape index (κ3) is 1.68. The van der Waals surface area contributed by atoms with Gasteiger partial charge in [0.25, 0.3) is 0 Å². The first-order chi connectivity index (χ1) is 7.34. The number of halogens is 1. The molecule has 0 saturated carbocycles. The average Bonchev–Trinajstić information content (AvgIpc) is 2.86. The summed E-state index contributed by atoms with van der Waals surface area (Å²) >= 11 is 1.65. The minimum atomic E-state index is 0. The Labute approximate surface area is 102 Å². The lowest BCUT2D eigenvalue weighted by Gasteiger charge is -1.99. The summed E-state index contributed by atoms with van der Waals surface area (Å²) in [4.78, 5) is 8.83. The summed E-state index contributed by atoms with van der Waals surface area (Å²) < 4.78 is 1.11. The number of hydrogen-bond acceptors (Lipinski definition) is 4. The molecule has 0 aliphatic carbocycles. The number of hydrogen-bond donors (Lipinski definition) is 1. The Morgan fingerprint density at radius 3 is 2.94 bits per heavy atom. The van der Waals surface area contributed by atoms with E-state index >= 15 is 0 Å². The van der Waals surface area contributed by atoms with Crippen LogP contribution in [0.25, 0.3) is 21.5 Å². The van der Waals surface area contributed by atoms with Gasteiger partial charge in [0.2, 0.25) is 0 Å². The van der Waals surface area contributed by atoms with Crippen molar-refractivity contribution >= 4 is 34.0 Å². The standard InChI is InChI=1S/C10H8N4S.ClH/c1-6-13-8-2-3-15-10(8)9(14-6)7-4-11-12-5-7;/h2-5H,1H3,(H,11,12);1H. The minimum absolute atomic E-state index is 0. The molecule has 0 aliphatic rings. The summed E-state index contributed by atoms with van der Waals surface area (Å²) in [5.74, 6) is 0.789.